The molecule has 2 aromatic rings. The Labute approximate surface area is 93.6 Å². The van der Waals surface area contributed by atoms with Gasteiger partial charge in [0.1, 0.15) is 0 Å². The number of fused-ring (bicyclic) bond motifs is 3. The number of hydrogen-bond donors (Lipinski definition) is 2. The molecule has 0 spiro atoms. The number of halogens is 1. The van der Waals surface area contributed by atoms with Crippen LogP contribution in [0.25, 0.3) is 10.9 Å². The van der Waals surface area contributed by atoms with Crippen molar-refractivity contribution in [1.29, 1.82) is 0 Å². The molecule has 15 heavy (non-hydrogen) atoms. The van der Waals surface area contributed by atoms with Gasteiger partial charge in [-0.2, -0.15) is 0 Å². The maximum Gasteiger partial charge on any atom is 0.0460 e. The first-order chi connectivity index (χ1) is 7.34. The fraction of sp³-hybridized carbons (Fsp3) is 0.333. The minimum absolute atomic E-state index is 0.821. The van der Waals surface area contributed by atoms with Crippen molar-refractivity contribution in [3.05, 3.63) is 34.5 Å². The summed E-state index contributed by atoms with van der Waals surface area (Å²) in [6, 6.07) is 6.08. The van der Waals surface area contributed by atoms with Crippen molar-refractivity contribution in [3.8, 4) is 0 Å². The molecule has 0 aliphatic carbocycles. The molecule has 3 rings (SSSR count). The van der Waals surface area contributed by atoms with E-state index in [4.69, 9.17) is 11.6 Å². The third-order valence-corrected chi connectivity index (χ3v) is 3.30. The fourth-order valence-corrected chi connectivity index (χ4v) is 2.50. The van der Waals surface area contributed by atoms with Crippen LogP contribution in [0.2, 0.25) is 5.02 Å². The van der Waals surface area contributed by atoms with Crippen molar-refractivity contribution in [2.75, 3.05) is 13.1 Å². The van der Waals surface area contributed by atoms with Crippen LogP contribution in [0.1, 0.15) is 11.3 Å². The number of H-pyrrole nitrogens is 1. The quantitative estimate of drug-likeness (QED) is 0.702. The molecule has 2 heterocycles. The zero-order chi connectivity index (χ0) is 10.3. The first-order valence-corrected chi connectivity index (χ1v) is 5.72. The molecule has 0 saturated heterocycles. The smallest absolute Gasteiger partial charge is 0.0460 e. The van der Waals surface area contributed by atoms with E-state index in [0.717, 1.165) is 31.0 Å². The molecule has 2 nitrogen and oxygen atoms in total. The van der Waals surface area contributed by atoms with Crippen molar-refractivity contribution < 1.29 is 0 Å². The fourth-order valence-electron chi connectivity index (χ4n) is 2.33. The van der Waals surface area contributed by atoms with Gasteiger partial charge in [-0.15, -0.1) is 0 Å². The van der Waals surface area contributed by atoms with Crippen molar-refractivity contribution in [1.82, 2.24) is 10.3 Å². The predicted molar refractivity (Wildman–Crippen MR) is 63.6 cm³/mol. The second-order valence-electron chi connectivity index (χ2n) is 4.02. The molecule has 3 heteroatoms. The SMILES string of the molecule is Clc1ccc2[nH]c3c(c2c1)CCNCC3. The highest BCUT2D eigenvalue weighted by Crippen LogP contribution is 2.26. The van der Waals surface area contributed by atoms with Crippen LogP contribution >= 0.6 is 11.6 Å². The third kappa shape index (κ3) is 1.54. The Bertz CT molecular complexity index is 502. The Morgan fingerprint density at radius 2 is 2.00 bits per heavy atom. The van der Waals surface area contributed by atoms with Gasteiger partial charge in [0.2, 0.25) is 0 Å². The molecule has 1 aromatic carbocycles. The zero-order valence-electron chi connectivity index (χ0n) is 8.44. The molecule has 0 fully saturated rings. The maximum absolute atomic E-state index is 6.03. The molecule has 1 aromatic heterocycles. The highest BCUT2D eigenvalue weighted by atomic mass is 35.5. The molecule has 0 radical (unpaired) electrons. The summed E-state index contributed by atoms with van der Waals surface area (Å²) in [6.07, 6.45) is 2.18. The van der Waals surface area contributed by atoms with E-state index in [-0.39, 0.29) is 0 Å². The molecule has 1 aliphatic rings. The Morgan fingerprint density at radius 1 is 1.13 bits per heavy atom. The topological polar surface area (TPSA) is 27.8 Å². The number of hydrogen-bond acceptors (Lipinski definition) is 1. The van der Waals surface area contributed by atoms with Gasteiger partial charge in [0.25, 0.3) is 0 Å². The van der Waals surface area contributed by atoms with Gasteiger partial charge in [-0.25, -0.2) is 0 Å². The highest BCUT2D eigenvalue weighted by molar-refractivity contribution is 6.31. The first kappa shape index (κ1) is 9.25. The maximum atomic E-state index is 6.03. The van der Waals surface area contributed by atoms with Gasteiger partial charge in [-0.05, 0) is 36.7 Å². The van der Waals surface area contributed by atoms with Gasteiger partial charge in [0.05, 0.1) is 0 Å². The van der Waals surface area contributed by atoms with Crippen LogP contribution < -0.4 is 5.32 Å². The second kappa shape index (κ2) is 3.54. The molecule has 0 atom stereocenters. The molecule has 0 amide bonds. The third-order valence-electron chi connectivity index (χ3n) is 3.06. The van der Waals surface area contributed by atoms with Gasteiger partial charge in [-0.1, -0.05) is 11.6 Å². The lowest BCUT2D eigenvalue weighted by atomic mass is 10.1. The Hall–Kier alpha value is -0.990. The number of nitrogens with one attached hydrogen (secondary N) is 2. The second-order valence-corrected chi connectivity index (χ2v) is 4.46. The number of rotatable bonds is 0. The van der Waals surface area contributed by atoms with Crippen LogP contribution in [0.3, 0.4) is 0 Å². The summed E-state index contributed by atoms with van der Waals surface area (Å²) >= 11 is 6.03. The lowest BCUT2D eigenvalue weighted by Gasteiger charge is -1.98. The van der Waals surface area contributed by atoms with Gasteiger partial charge in [-0.3, -0.25) is 0 Å². The standard InChI is InChI=1S/C12H13ClN2/c13-8-1-2-11-10(7-8)9-3-5-14-6-4-12(9)15-11/h1-2,7,14-15H,3-6H2. The summed E-state index contributed by atoms with van der Waals surface area (Å²) in [5.41, 5.74) is 4.03. The largest absolute Gasteiger partial charge is 0.358 e. The lowest BCUT2D eigenvalue weighted by molar-refractivity contribution is 0.708. The first-order valence-electron chi connectivity index (χ1n) is 5.34. The van der Waals surface area contributed by atoms with Crippen LogP contribution in [-0.2, 0) is 12.8 Å². The van der Waals surface area contributed by atoms with Crippen molar-refractivity contribution in [2.45, 2.75) is 12.8 Å². The van der Waals surface area contributed by atoms with Crippen LogP contribution in [0.15, 0.2) is 18.2 Å². The van der Waals surface area contributed by atoms with Crippen molar-refractivity contribution in [3.63, 3.8) is 0 Å². The van der Waals surface area contributed by atoms with Gasteiger partial charge in [0.15, 0.2) is 0 Å². The van der Waals surface area contributed by atoms with Crippen LogP contribution in [-0.4, -0.2) is 18.1 Å². The average molecular weight is 221 g/mol. The molecule has 0 bridgehead atoms. The minimum Gasteiger partial charge on any atom is -0.358 e. The minimum atomic E-state index is 0.821. The van der Waals surface area contributed by atoms with Gasteiger partial charge < -0.3 is 10.3 Å². The van der Waals surface area contributed by atoms with E-state index < -0.39 is 0 Å². The average Bonchev–Trinajstić information content (AvgIpc) is 2.44. The Balaban J connectivity index is 2.24. The number of benzene rings is 1. The van der Waals surface area contributed by atoms with E-state index in [0.29, 0.717) is 0 Å². The molecule has 2 N–H and O–H groups in total. The van der Waals surface area contributed by atoms with Crippen LogP contribution in [0.5, 0.6) is 0 Å². The molecule has 0 unspecified atom stereocenters. The monoisotopic (exact) mass is 220 g/mol. The van der Waals surface area contributed by atoms with Crippen LogP contribution in [0, 0.1) is 0 Å². The molecule has 1 aliphatic heterocycles. The summed E-state index contributed by atoms with van der Waals surface area (Å²) in [5.74, 6) is 0. The zero-order valence-corrected chi connectivity index (χ0v) is 9.19. The molecule has 78 valence electrons. The summed E-state index contributed by atoms with van der Waals surface area (Å²) in [6.45, 7) is 2.13. The van der Waals surface area contributed by atoms with Gasteiger partial charge >= 0.3 is 0 Å². The Kier molecular flexibility index (Phi) is 2.19. The van der Waals surface area contributed by atoms with Crippen LogP contribution in [0.4, 0.5) is 0 Å². The summed E-state index contributed by atoms with van der Waals surface area (Å²) in [4.78, 5) is 3.48. The van der Waals surface area contributed by atoms with E-state index in [1.165, 1.54) is 22.2 Å². The van der Waals surface area contributed by atoms with E-state index >= 15 is 0 Å². The summed E-state index contributed by atoms with van der Waals surface area (Å²) in [5, 5.41) is 5.52. The van der Waals surface area contributed by atoms with E-state index in [1.54, 1.807) is 0 Å². The number of aromatic amines is 1. The van der Waals surface area contributed by atoms with Gasteiger partial charge in [0, 0.05) is 34.6 Å². The number of aromatic nitrogens is 1. The molecule has 0 saturated carbocycles. The molecular formula is C12H13ClN2. The summed E-state index contributed by atoms with van der Waals surface area (Å²) in [7, 11) is 0. The summed E-state index contributed by atoms with van der Waals surface area (Å²) < 4.78 is 0. The van der Waals surface area contributed by atoms with Crippen molar-refractivity contribution in [2.24, 2.45) is 0 Å². The Morgan fingerprint density at radius 3 is 2.93 bits per heavy atom. The van der Waals surface area contributed by atoms with E-state index in [2.05, 4.69) is 22.4 Å². The van der Waals surface area contributed by atoms with Crippen molar-refractivity contribution >= 4 is 22.5 Å². The normalized spacial score (nSPS) is 16.3. The molecular weight excluding hydrogens is 208 g/mol. The lowest BCUT2D eigenvalue weighted by Crippen LogP contribution is -2.16. The highest BCUT2D eigenvalue weighted by Gasteiger charge is 2.13. The predicted octanol–water partition coefficient (Wildman–Crippen LogP) is 2.51. The van der Waals surface area contributed by atoms with E-state index in [9.17, 15) is 0 Å². The van der Waals surface area contributed by atoms with E-state index in [1.807, 2.05) is 6.07 Å².